The predicted octanol–water partition coefficient (Wildman–Crippen LogP) is 4.84. The fourth-order valence-electron chi connectivity index (χ4n) is 2.16. The van der Waals surface area contributed by atoms with Gasteiger partial charge in [0.15, 0.2) is 0 Å². The zero-order valence-electron chi connectivity index (χ0n) is 12.2. The number of anilines is 2. The monoisotopic (exact) mass is 367 g/mol. The number of carbonyl (C=O) groups excluding carboxylic acids is 1. The number of hydrogen-bond donors (Lipinski definition) is 1. The lowest BCUT2D eigenvalue weighted by atomic mass is 10.2. The molecule has 0 amide bonds. The van der Waals surface area contributed by atoms with Crippen molar-refractivity contribution in [1.82, 2.24) is 9.97 Å². The summed E-state index contributed by atoms with van der Waals surface area (Å²) in [4.78, 5) is 21.4. The van der Waals surface area contributed by atoms with Crippen LogP contribution in [-0.4, -0.2) is 23.0 Å². The average molecular weight is 368 g/mol. The minimum absolute atomic E-state index is 0.103. The molecule has 118 valence electrons. The van der Waals surface area contributed by atoms with Crippen LogP contribution >= 0.6 is 34.5 Å². The lowest BCUT2D eigenvalue weighted by Gasteiger charge is -2.08. The minimum Gasteiger partial charge on any atom is -0.465 e. The molecule has 0 aliphatic rings. The van der Waals surface area contributed by atoms with Crippen LogP contribution in [0.25, 0.3) is 10.2 Å². The van der Waals surface area contributed by atoms with Crippen LogP contribution in [0.2, 0.25) is 10.3 Å². The molecule has 5 nitrogen and oxygen atoms in total. The molecule has 2 heterocycles. The molecule has 0 aliphatic carbocycles. The lowest BCUT2D eigenvalue weighted by molar-refractivity contribution is 0.0605. The fourth-order valence-corrected chi connectivity index (χ4v) is 3.60. The molecule has 0 atom stereocenters. The van der Waals surface area contributed by atoms with Crippen molar-refractivity contribution in [2.45, 2.75) is 6.92 Å². The van der Waals surface area contributed by atoms with Crippen molar-refractivity contribution in [1.29, 1.82) is 0 Å². The van der Waals surface area contributed by atoms with Crippen molar-refractivity contribution in [3.05, 3.63) is 45.0 Å². The normalized spacial score (nSPS) is 10.8. The largest absolute Gasteiger partial charge is 0.465 e. The first-order valence-corrected chi connectivity index (χ1v) is 8.14. The van der Waals surface area contributed by atoms with Gasteiger partial charge in [-0.2, -0.15) is 4.98 Å². The molecule has 0 saturated carbocycles. The molecule has 0 fully saturated rings. The smallest absolute Gasteiger partial charge is 0.348 e. The van der Waals surface area contributed by atoms with Gasteiger partial charge in [-0.25, -0.2) is 9.78 Å². The molecule has 0 spiro atoms. The van der Waals surface area contributed by atoms with Gasteiger partial charge < -0.3 is 10.1 Å². The summed E-state index contributed by atoms with van der Waals surface area (Å²) in [7, 11) is 1.34. The maximum Gasteiger partial charge on any atom is 0.348 e. The van der Waals surface area contributed by atoms with Crippen LogP contribution in [0, 0.1) is 6.92 Å². The Labute approximate surface area is 146 Å². The highest BCUT2D eigenvalue weighted by Crippen LogP contribution is 2.36. The number of nitrogens with one attached hydrogen (secondary N) is 1. The van der Waals surface area contributed by atoms with Crippen molar-refractivity contribution in [3.8, 4) is 0 Å². The number of carbonyl (C=O) groups is 1. The summed E-state index contributed by atoms with van der Waals surface area (Å²) >= 11 is 13.1. The van der Waals surface area contributed by atoms with Crippen LogP contribution in [0.3, 0.4) is 0 Å². The Kier molecular flexibility index (Phi) is 4.39. The first-order valence-electron chi connectivity index (χ1n) is 6.57. The second kappa shape index (κ2) is 6.31. The highest BCUT2D eigenvalue weighted by molar-refractivity contribution is 7.20. The number of rotatable bonds is 3. The zero-order valence-corrected chi connectivity index (χ0v) is 14.5. The molecule has 0 bridgehead atoms. The number of benzene rings is 1. The van der Waals surface area contributed by atoms with E-state index in [-0.39, 0.29) is 5.28 Å². The van der Waals surface area contributed by atoms with Crippen molar-refractivity contribution >= 4 is 62.2 Å². The third kappa shape index (κ3) is 3.10. The van der Waals surface area contributed by atoms with Gasteiger partial charge in [-0.3, -0.25) is 0 Å². The molecule has 1 N–H and O–H groups in total. The number of halogens is 2. The Morgan fingerprint density at radius 1 is 1.22 bits per heavy atom. The highest BCUT2D eigenvalue weighted by Gasteiger charge is 2.20. The number of fused-ring (bicyclic) bond motifs is 1. The van der Waals surface area contributed by atoms with Gasteiger partial charge in [-0.05, 0) is 48.4 Å². The number of esters is 1. The molecule has 3 rings (SSSR count). The number of ether oxygens (including phenoxy) is 1. The van der Waals surface area contributed by atoms with E-state index in [1.165, 1.54) is 18.4 Å². The van der Waals surface area contributed by atoms with E-state index in [0.717, 1.165) is 16.6 Å². The standard InChI is InChI=1S/C15H11Cl2N3O2S/c1-7-10-12(18-9-5-3-8(16)4-6-9)19-15(17)20-13(10)23-11(7)14(21)22-2/h3-6H,1-2H3,(H,18,19,20). The number of aryl methyl sites for hydroxylation is 1. The average Bonchev–Trinajstić information content (AvgIpc) is 2.85. The van der Waals surface area contributed by atoms with Crippen LogP contribution in [0.5, 0.6) is 0 Å². The van der Waals surface area contributed by atoms with Crippen molar-refractivity contribution in [3.63, 3.8) is 0 Å². The number of nitrogens with zero attached hydrogens (tertiary/aromatic N) is 2. The minimum atomic E-state index is -0.404. The molecule has 0 saturated heterocycles. The second-order valence-corrected chi connectivity index (χ2v) is 6.47. The summed E-state index contributed by atoms with van der Waals surface area (Å²) in [5.41, 5.74) is 1.56. The SMILES string of the molecule is COC(=O)c1sc2nc(Cl)nc(Nc3ccc(Cl)cc3)c2c1C. The van der Waals surface area contributed by atoms with Gasteiger partial charge in [-0.15, -0.1) is 11.3 Å². The van der Waals surface area contributed by atoms with E-state index in [2.05, 4.69) is 15.3 Å². The third-order valence-corrected chi connectivity index (χ3v) is 4.83. The second-order valence-electron chi connectivity index (χ2n) is 4.70. The first-order chi connectivity index (χ1) is 11.0. The summed E-state index contributed by atoms with van der Waals surface area (Å²) in [6.07, 6.45) is 0. The van der Waals surface area contributed by atoms with E-state index in [9.17, 15) is 4.79 Å². The van der Waals surface area contributed by atoms with E-state index < -0.39 is 5.97 Å². The molecule has 3 aromatic rings. The van der Waals surface area contributed by atoms with E-state index in [1.54, 1.807) is 12.1 Å². The van der Waals surface area contributed by atoms with E-state index in [0.29, 0.717) is 20.5 Å². The highest BCUT2D eigenvalue weighted by atomic mass is 35.5. The molecule has 23 heavy (non-hydrogen) atoms. The van der Waals surface area contributed by atoms with Crippen LogP contribution in [0.15, 0.2) is 24.3 Å². The lowest BCUT2D eigenvalue weighted by Crippen LogP contribution is -2.00. The summed E-state index contributed by atoms with van der Waals surface area (Å²) in [6, 6.07) is 7.19. The molecule has 0 unspecified atom stereocenters. The quantitative estimate of drug-likeness (QED) is 0.530. The number of aromatic nitrogens is 2. The van der Waals surface area contributed by atoms with E-state index >= 15 is 0 Å². The van der Waals surface area contributed by atoms with Gasteiger partial charge in [0.1, 0.15) is 15.5 Å². The van der Waals surface area contributed by atoms with Crippen molar-refractivity contribution in [2.75, 3.05) is 12.4 Å². The van der Waals surface area contributed by atoms with Crippen LogP contribution in [0.1, 0.15) is 15.2 Å². The van der Waals surface area contributed by atoms with Gasteiger partial charge in [0.05, 0.1) is 12.5 Å². The number of thiophene rings is 1. The maximum absolute atomic E-state index is 11.9. The fraction of sp³-hybridized carbons (Fsp3) is 0.133. The maximum atomic E-state index is 11.9. The van der Waals surface area contributed by atoms with Crippen LogP contribution in [0.4, 0.5) is 11.5 Å². The zero-order chi connectivity index (χ0) is 16.6. The summed E-state index contributed by atoms with van der Waals surface area (Å²) in [5, 5.41) is 4.67. The van der Waals surface area contributed by atoms with Crippen LogP contribution in [-0.2, 0) is 4.74 Å². The van der Waals surface area contributed by atoms with Gasteiger partial charge in [0, 0.05) is 10.7 Å². The molecule has 8 heteroatoms. The topological polar surface area (TPSA) is 64.1 Å². The Hall–Kier alpha value is -1.89. The molecular formula is C15H11Cl2N3O2S. The summed E-state index contributed by atoms with van der Waals surface area (Å²) < 4.78 is 4.80. The molecule has 1 aromatic carbocycles. The van der Waals surface area contributed by atoms with Gasteiger partial charge in [0.2, 0.25) is 5.28 Å². The van der Waals surface area contributed by atoms with Gasteiger partial charge in [-0.1, -0.05) is 11.6 Å². The van der Waals surface area contributed by atoms with E-state index in [1.807, 2.05) is 19.1 Å². The summed E-state index contributed by atoms with van der Waals surface area (Å²) in [5.74, 6) is 0.130. The number of methoxy groups -OCH3 is 1. The van der Waals surface area contributed by atoms with Gasteiger partial charge in [0.25, 0.3) is 0 Å². The molecule has 0 radical (unpaired) electrons. The first kappa shape index (κ1) is 16.0. The predicted molar refractivity (Wildman–Crippen MR) is 93.2 cm³/mol. The summed E-state index contributed by atoms with van der Waals surface area (Å²) in [6.45, 7) is 1.83. The molecule has 2 aromatic heterocycles. The Bertz CT molecular complexity index is 894. The molecule has 0 aliphatic heterocycles. The van der Waals surface area contributed by atoms with E-state index in [4.69, 9.17) is 27.9 Å². The third-order valence-electron chi connectivity index (χ3n) is 3.24. The molecular weight excluding hydrogens is 357 g/mol. The Morgan fingerprint density at radius 3 is 2.57 bits per heavy atom. The number of hydrogen-bond acceptors (Lipinski definition) is 6. The Balaban J connectivity index is 2.13. The van der Waals surface area contributed by atoms with Crippen LogP contribution < -0.4 is 5.32 Å². The van der Waals surface area contributed by atoms with Crippen molar-refractivity contribution < 1.29 is 9.53 Å². The van der Waals surface area contributed by atoms with Crippen molar-refractivity contribution in [2.24, 2.45) is 0 Å². The van der Waals surface area contributed by atoms with Gasteiger partial charge >= 0.3 is 5.97 Å². The Morgan fingerprint density at radius 2 is 1.91 bits per heavy atom.